The fourth-order valence-electron chi connectivity index (χ4n) is 3.06. The Hall–Kier alpha value is -3.25. The van der Waals surface area contributed by atoms with Crippen LogP contribution in [0.4, 0.5) is 0 Å². The van der Waals surface area contributed by atoms with Crippen LogP contribution in [0.3, 0.4) is 0 Å². The van der Waals surface area contributed by atoms with E-state index < -0.39 is 11.6 Å². The molecule has 0 aliphatic carbocycles. The molecule has 0 amide bonds. The third-order valence-corrected chi connectivity index (χ3v) is 4.81. The van der Waals surface area contributed by atoms with Crippen molar-refractivity contribution in [2.24, 2.45) is 0 Å². The minimum atomic E-state index is -0.551. The quantitative estimate of drug-likeness (QED) is 0.349. The van der Waals surface area contributed by atoms with E-state index in [9.17, 15) is 9.59 Å². The van der Waals surface area contributed by atoms with E-state index in [1.165, 1.54) is 12.1 Å². The Balaban J connectivity index is 1.48. The minimum absolute atomic E-state index is 0.0430. The summed E-state index contributed by atoms with van der Waals surface area (Å²) in [7, 11) is 0. The molecule has 0 fully saturated rings. The lowest BCUT2D eigenvalue weighted by Crippen LogP contribution is -2.05. The van der Waals surface area contributed by atoms with Gasteiger partial charge in [0.2, 0.25) is 6.79 Å². The lowest BCUT2D eigenvalue weighted by Gasteiger charge is -2.07. The van der Waals surface area contributed by atoms with Crippen LogP contribution < -0.4 is 15.1 Å². The molecule has 0 spiro atoms. The highest BCUT2D eigenvalue weighted by molar-refractivity contribution is 6.32. The van der Waals surface area contributed by atoms with E-state index in [-0.39, 0.29) is 13.4 Å². The van der Waals surface area contributed by atoms with Crippen molar-refractivity contribution in [2.75, 3.05) is 6.79 Å². The van der Waals surface area contributed by atoms with Crippen LogP contribution in [0.5, 0.6) is 11.5 Å². The number of rotatable bonds is 5. The molecule has 0 bridgehead atoms. The molecule has 3 aromatic rings. The number of benzene rings is 2. The highest BCUT2D eigenvalue weighted by Gasteiger charge is 2.17. The predicted octanol–water partition coefficient (Wildman–Crippen LogP) is 4.49. The van der Waals surface area contributed by atoms with Crippen molar-refractivity contribution < 1.29 is 23.4 Å². The average molecular weight is 413 g/mol. The summed E-state index contributed by atoms with van der Waals surface area (Å²) in [5.74, 6) is 0.470. The van der Waals surface area contributed by atoms with Crippen LogP contribution >= 0.6 is 11.6 Å². The summed E-state index contributed by atoms with van der Waals surface area (Å²) in [4.78, 5) is 24.0. The molecule has 6 nitrogen and oxygen atoms in total. The highest BCUT2D eigenvalue weighted by Crippen LogP contribution is 2.40. The van der Waals surface area contributed by atoms with Crippen molar-refractivity contribution in [3.63, 3.8) is 0 Å². The average Bonchev–Trinajstić information content (AvgIpc) is 3.19. The lowest BCUT2D eigenvalue weighted by atomic mass is 10.1. The van der Waals surface area contributed by atoms with Crippen molar-refractivity contribution in [3.8, 4) is 11.5 Å². The fourth-order valence-corrected chi connectivity index (χ4v) is 3.33. The summed E-state index contributed by atoms with van der Waals surface area (Å²) in [5.41, 5.74) is 2.32. The Morgan fingerprint density at radius 3 is 2.90 bits per heavy atom. The van der Waals surface area contributed by atoms with Crippen LogP contribution in [0.15, 0.2) is 51.7 Å². The molecule has 0 saturated carbocycles. The Labute approximate surface area is 171 Å². The van der Waals surface area contributed by atoms with Gasteiger partial charge in [-0.1, -0.05) is 30.7 Å². The molecule has 0 saturated heterocycles. The number of aryl methyl sites for hydroxylation is 1. The van der Waals surface area contributed by atoms with Gasteiger partial charge < -0.3 is 18.6 Å². The van der Waals surface area contributed by atoms with Crippen LogP contribution in [-0.4, -0.2) is 12.8 Å². The molecule has 29 heavy (non-hydrogen) atoms. The molecular formula is C22H17ClO6. The summed E-state index contributed by atoms with van der Waals surface area (Å²) >= 11 is 6.13. The third kappa shape index (κ3) is 4.12. The van der Waals surface area contributed by atoms with Gasteiger partial charge in [-0.25, -0.2) is 9.59 Å². The number of hydrogen-bond donors (Lipinski definition) is 0. The van der Waals surface area contributed by atoms with E-state index in [2.05, 4.69) is 0 Å². The maximum atomic E-state index is 12.1. The smallest absolute Gasteiger partial charge is 0.336 e. The van der Waals surface area contributed by atoms with E-state index in [0.717, 1.165) is 17.4 Å². The van der Waals surface area contributed by atoms with Crippen LogP contribution in [0.2, 0.25) is 5.02 Å². The van der Waals surface area contributed by atoms with Gasteiger partial charge in [0, 0.05) is 23.1 Å². The standard InChI is InChI=1S/C22H17ClO6/c1-2-13-3-5-16-15(10-21(25)29-18(16)8-13)11-26-20(24)6-4-14-7-17(23)22-19(9-14)27-12-28-22/h3-10H,2,11-12H2,1H3/b6-4+. The molecule has 0 radical (unpaired) electrons. The van der Waals surface area contributed by atoms with Gasteiger partial charge >= 0.3 is 11.6 Å². The monoisotopic (exact) mass is 412 g/mol. The molecular weight excluding hydrogens is 396 g/mol. The van der Waals surface area contributed by atoms with Gasteiger partial charge in [0.1, 0.15) is 12.2 Å². The first-order chi connectivity index (χ1) is 14.0. The summed E-state index contributed by atoms with van der Waals surface area (Å²) in [5, 5.41) is 1.14. The second-order valence-electron chi connectivity index (χ2n) is 6.45. The van der Waals surface area contributed by atoms with Gasteiger partial charge in [-0.05, 0) is 41.8 Å². The molecule has 1 aliphatic rings. The minimum Gasteiger partial charge on any atom is -0.458 e. The zero-order valence-corrected chi connectivity index (χ0v) is 16.3. The van der Waals surface area contributed by atoms with Gasteiger partial charge in [-0.15, -0.1) is 0 Å². The number of carbonyl (C=O) groups is 1. The van der Waals surface area contributed by atoms with Gasteiger partial charge in [0.05, 0.1) is 5.02 Å². The Bertz CT molecular complexity index is 1180. The number of esters is 1. The first-order valence-electron chi connectivity index (χ1n) is 9.03. The highest BCUT2D eigenvalue weighted by atomic mass is 35.5. The Morgan fingerprint density at radius 1 is 1.21 bits per heavy atom. The summed E-state index contributed by atoms with van der Waals surface area (Å²) in [6.45, 7) is 2.09. The van der Waals surface area contributed by atoms with Crippen molar-refractivity contribution in [1.29, 1.82) is 0 Å². The molecule has 1 aliphatic heterocycles. The first-order valence-corrected chi connectivity index (χ1v) is 9.41. The molecule has 148 valence electrons. The second-order valence-corrected chi connectivity index (χ2v) is 6.86. The van der Waals surface area contributed by atoms with Gasteiger partial charge in [-0.3, -0.25) is 0 Å². The van der Waals surface area contributed by atoms with Crippen LogP contribution in [0.25, 0.3) is 17.0 Å². The maximum Gasteiger partial charge on any atom is 0.336 e. The summed E-state index contributed by atoms with van der Waals surface area (Å²) < 4.78 is 21.1. The molecule has 2 aromatic carbocycles. The number of fused-ring (bicyclic) bond motifs is 2. The van der Waals surface area contributed by atoms with Crippen molar-refractivity contribution in [2.45, 2.75) is 20.0 Å². The predicted molar refractivity (Wildman–Crippen MR) is 108 cm³/mol. The number of ether oxygens (including phenoxy) is 3. The number of hydrogen-bond acceptors (Lipinski definition) is 6. The molecule has 0 N–H and O–H groups in total. The van der Waals surface area contributed by atoms with Gasteiger partial charge in [-0.2, -0.15) is 0 Å². The van der Waals surface area contributed by atoms with E-state index >= 15 is 0 Å². The molecule has 2 heterocycles. The van der Waals surface area contributed by atoms with Crippen molar-refractivity contribution >= 4 is 34.6 Å². The fraction of sp³-hybridized carbons (Fsp3) is 0.182. The van der Waals surface area contributed by atoms with Crippen molar-refractivity contribution in [3.05, 3.63) is 74.6 Å². The summed E-state index contributed by atoms with van der Waals surface area (Å²) in [6, 6.07) is 10.4. The molecule has 0 unspecified atom stereocenters. The van der Waals surface area contributed by atoms with Crippen molar-refractivity contribution in [1.82, 2.24) is 0 Å². The maximum absolute atomic E-state index is 12.1. The third-order valence-electron chi connectivity index (χ3n) is 4.53. The van der Waals surface area contributed by atoms with E-state index in [4.69, 9.17) is 30.2 Å². The summed E-state index contributed by atoms with van der Waals surface area (Å²) in [6.07, 6.45) is 3.69. The first kappa shape index (κ1) is 19.1. The molecule has 1 aromatic heterocycles. The number of halogens is 1. The van der Waals surface area contributed by atoms with E-state index in [0.29, 0.717) is 33.2 Å². The molecule has 4 rings (SSSR count). The van der Waals surface area contributed by atoms with Crippen LogP contribution in [0.1, 0.15) is 23.6 Å². The Kier molecular flexibility index (Phi) is 5.27. The molecule has 7 heteroatoms. The zero-order valence-electron chi connectivity index (χ0n) is 15.6. The Morgan fingerprint density at radius 2 is 2.07 bits per heavy atom. The van der Waals surface area contributed by atoms with E-state index in [1.807, 2.05) is 25.1 Å². The lowest BCUT2D eigenvalue weighted by molar-refractivity contribution is -0.138. The zero-order chi connectivity index (χ0) is 20.4. The van der Waals surface area contributed by atoms with E-state index in [1.54, 1.807) is 18.2 Å². The van der Waals surface area contributed by atoms with Crippen LogP contribution in [-0.2, 0) is 22.6 Å². The SMILES string of the molecule is CCc1ccc2c(COC(=O)/C=C/c3cc(Cl)c4c(c3)OCO4)cc(=O)oc2c1. The van der Waals surface area contributed by atoms with Gasteiger partial charge in [0.25, 0.3) is 0 Å². The normalized spacial score (nSPS) is 12.6. The number of carbonyl (C=O) groups excluding carboxylic acids is 1. The second kappa shape index (κ2) is 8.01. The largest absolute Gasteiger partial charge is 0.458 e. The van der Waals surface area contributed by atoms with Gasteiger partial charge in [0.15, 0.2) is 11.5 Å². The molecule has 0 atom stereocenters. The van der Waals surface area contributed by atoms with Crippen LogP contribution in [0, 0.1) is 0 Å². The topological polar surface area (TPSA) is 75.0 Å².